The monoisotopic (exact) mass is 281 g/mol. The van der Waals surface area contributed by atoms with Gasteiger partial charge in [0.25, 0.3) is 0 Å². The van der Waals surface area contributed by atoms with E-state index in [1.807, 2.05) is 19.3 Å². The number of aromatic nitrogens is 1. The summed E-state index contributed by atoms with van der Waals surface area (Å²) in [6.45, 7) is 6.33. The Morgan fingerprint density at radius 2 is 2.19 bits per heavy atom. The molecule has 0 fully saturated rings. The van der Waals surface area contributed by atoms with Gasteiger partial charge in [0.1, 0.15) is 0 Å². The molecule has 3 heteroatoms. The molecule has 3 rings (SSSR count). The van der Waals surface area contributed by atoms with Crippen LogP contribution in [0.1, 0.15) is 35.3 Å². The van der Waals surface area contributed by atoms with Crippen LogP contribution in [0.3, 0.4) is 0 Å². The second-order valence-electron chi connectivity index (χ2n) is 5.84. The number of pyridine rings is 1. The number of fused-ring (bicyclic) bond motifs is 1. The predicted octanol–water partition coefficient (Wildman–Crippen LogP) is 3.23. The van der Waals surface area contributed by atoms with Gasteiger partial charge >= 0.3 is 0 Å². The molecule has 0 aliphatic carbocycles. The highest BCUT2D eigenvalue weighted by Gasteiger charge is 2.20. The van der Waals surface area contributed by atoms with Gasteiger partial charge in [-0.15, -0.1) is 0 Å². The van der Waals surface area contributed by atoms with Gasteiger partial charge in [-0.2, -0.15) is 0 Å². The van der Waals surface area contributed by atoms with Gasteiger partial charge in [-0.25, -0.2) is 0 Å². The van der Waals surface area contributed by atoms with Crippen molar-refractivity contribution in [3.05, 3.63) is 58.9 Å². The van der Waals surface area contributed by atoms with Crippen molar-refractivity contribution in [3.63, 3.8) is 0 Å². The molecule has 2 aromatic rings. The quantitative estimate of drug-likeness (QED) is 0.932. The second kappa shape index (κ2) is 5.86. The van der Waals surface area contributed by atoms with E-state index < -0.39 is 0 Å². The SMILES string of the molecule is CNC(C)c1ccc2c(c1)CCN2Cc1ncccc1C. The summed E-state index contributed by atoms with van der Waals surface area (Å²) >= 11 is 0. The molecule has 1 aliphatic rings. The summed E-state index contributed by atoms with van der Waals surface area (Å²) in [7, 11) is 2.01. The van der Waals surface area contributed by atoms with E-state index in [9.17, 15) is 0 Å². The van der Waals surface area contributed by atoms with Gasteiger partial charge in [-0.05, 0) is 56.1 Å². The molecule has 1 aromatic carbocycles. The lowest BCUT2D eigenvalue weighted by Crippen LogP contribution is -2.21. The third-order valence-electron chi connectivity index (χ3n) is 4.49. The number of nitrogens with one attached hydrogen (secondary N) is 1. The molecule has 1 unspecified atom stereocenters. The Balaban J connectivity index is 1.83. The first-order chi connectivity index (χ1) is 10.2. The lowest BCUT2D eigenvalue weighted by atomic mass is 10.0. The average molecular weight is 281 g/mol. The van der Waals surface area contributed by atoms with Crippen LogP contribution >= 0.6 is 0 Å². The first-order valence-corrected chi connectivity index (χ1v) is 7.64. The van der Waals surface area contributed by atoms with E-state index in [-0.39, 0.29) is 0 Å². The molecule has 0 spiro atoms. The summed E-state index contributed by atoms with van der Waals surface area (Å²) in [4.78, 5) is 6.97. The van der Waals surface area contributed by atoms with Crippen LogP contribution in [0.4, 0.5) is 5.69 Å². The summed E-state index contributed by atoms with van der Waals surface area (Å²) in [5.74, 6) is 0. The normalized spacial score (nSPS) is 15.1. The largest absolute Gasteiger partial charge is 0.365 e. The standard InChI is InChI=1S/C18H23N3/c1-13-5-4-9-20-17(13)12-21-10-8-16-11-15(14(2)19-3)6-7-18(16)21/h4-7,9,11,14,19H,8,10,12H2,1-3H3. The van der Waals surface area contributed by atoms with Crippen LogP contribution in [0, 0.1) is 6.92 Å². The van der Waals surface area contributed by atoms with Crippen molar-refractivity contribution in [3.8, 4) is 0 Å². The first kappa shape index (κ1) is 14.1. The van der Waals surface area contributed by atoms with Crippen LogP contribution in [-0.4, -0.2) is 18.6 Å². The number of nitrogens with zero attached hydrogens (tertiary/aromatic N) is 2. The fourth-order valence-electron chi connectivity index (χ4n) is 2.95. The lowest BCUT2D eigenvalue weighted by Gasteiger charge is -2.20. The molecule has 1 atom stereocenters. The molecule has 0 bridgehead atoms. The minimum absolute atomic E-state index is 0.405. The van der Waals surface area contributed by atoms with Crippen LogP contribution in [-0.2, 0) is 13.0 Å². The van der Waals surface area contributed by atoms with E-state index in [0.717, 1.165) is 19.5 Å². The molecule has 0 radical (unpaired) electrons. The number of hydrogen-bond acceptors (Lipinski definition) is 3. The van der Waals surface area contributed by atoms with Gasteiger partial charge in [0.2, 0.25) is 0 Å². The molecule has 1 N–H and O–H groups in total. The molecule has 21 heavy (non-hydrogen) atoms. The smallest absolute Gasteiger partial charge is 0.0626 e. The number of benzene rings is 1. The fourth-order valence-corrected chi connectivity index (χ4v) is 2.95. The molecule has 0 saturated carbocycles. The van der Waals surface area contributed by atoms with Crippen molar-refractivity contribution in [1.82, 2.24) is 10.3 Å². The van der Waals surface area contributed by atoms with Crippen LogP contribution < -0.4 is 10.2 Å². The highest BCUT2D eigenvalue weighted by molar-refractivity contribution is 5.59. The van der Waals surface area contributed by atoms with Gasteiger partial charge in [0.15, 0.2) is 0 Å². The van der Waals surface area contributed by atoms with E-state index in [0.29, 0.717) is 6.04 Å². The van der Waals surface area contributed by atoms with Crippen LogP contribution in [0.15, 0.2) is 36.5 Å². The third-order valence-corrected chi connectivity index (χ3v) is 4.49. The molecule has 0 saturated heterocycles. The maximum atomic E-state index is 4.52. The van der Waals surface area contributed by atoms with Gasteiger partial charge in [0.05, 0.1) is 12.2 Å². The van der Waals surface area contributed by atoms with E-state index in [2.05, 4.69) is 53.3 Å². The van der Waals surface area contributed by atoms with Crippen molar-refractivity contribution in [2.45, 2.75) is 32.9 Å². The lowest BCUT2D eigenvalue weighted by molar-refractivity contribution is 0.652. The zero-order chi connectivity index (χ0) is 14.8. The van der Waals surface area contributed by atoms with Crippen LogP contribution in [0.25, 0.3) is 0 Å². The summed E-state index contributed by atoms with van der Waals surface area (Å²) < 4.78 is 0. The van der Waals surface area contributed by atoms with Gasteiger partial charge < -0.3 is 10.2 Å². The van der Waals surface area contributed by atoms with Crippen molar-refractivity contribution < 1.29 is 0 Å². The molecule has 2 heterocycles. The summed E-state index contributed by atoms with van der Waals surface area (Å²) in [6.07, 6.45) is 3.02. The van der Waals surface area contributed by atoms with Crippen LogP contribution in [0.2, 0.25) is 0 Å². The van der Waals surface area contributed by atoms with Gasteiger partial charge in [-0.3, -0.25) is 4.98 Å². The highest BCUT2D eigenvalue weighted by atomic mass is 15.2. The average Bonchev–Trinajstić information content (AvgIpc) is 2.91. The Morgan fingerprint density at radius 3 is 2.95 bits per heavy atom. The van der Waals surface area contributed by atoms with Crippen LogP contribution in [0.5, 0.6) is 0 Å². The molecule has 3 nitrogen and oxygen atoms in total. The number of rotatable bonds is 4. The maximum absolute atomic E-state index is 4.52. The molecule has 1 aliphatic heterocycles. The molecular formula is C18H23N3. The molecule has 110 valence electrons. The Kier molecular flexibility index (Phi) is 3.93. The Hall–Kier alpha value is -1.87. The zero-order valence-electron chi connectivity index (χ0n) is 13.1. The maximum Gasteiger partial charge on any atom is 0.0626 e. The number of aryl methyl sites for hydroxylation is 1. The molecular weight excluding hydrogens is 258 g/mol. The number of anilines is 1. The van der Waals surface area contributed by atoms with E-state index in [1.165, 1.54) is 28.1 Å². The Labute approximate surface area is 127 Å². The first-order valence-electron chi connectivity index (χ1n) is 7.64. The van der Waals surface area contributed by atoms with Crippen molar-refractivity contribution in [2.24, 2.45) is 0 Å². The zero-order valence-corrected chi connectivity index (χ0v) is 13.1. The summed E-state index contributed by atoms with van der Waals surface area (Å²) in [5.41, 5.74) is 6.65. The van der Waals surface area contributed by atoms with E-state index in [1.54, 1.807) is 0 Å². The van der Waals surface area contributed by atoms with Gasteiger partial charge in [-0.1, -0.05) is 18.2 Å². The molecule has 1 aromatic heterocycles. The van der Waals surface area contributed by atoms with Crippen molar-refractivity contribution >= 4 is 5.69 Å². The van der Waals surface area contributed by atoms with Crippen molar-refractivity contribution in [2.75, 3.05) is 18.5 Å². The Morgan fingerprint density at radius 1 is 1.33 bits per heavy atom. The van der Waals surface area contributed by atoms with Gasteiger partial charge in [0, 0.05) is 24.5 Å². The second-order valence-corrected chi connectivity index (χ2v) is 5.84. The van der Waals surface area contributed by atoms with E-state index >= 15 is 0 Å². The predicted molar refractivity (Wildman–Crippen MR) is 87.6 cm³/mol. The fraction of sp³-hybridized carbons (Fsp3) is 0.389. The highest BCUT2D eigenvalue weighted by Crippen LogP contribution is 2.31. The van der Waals surface area contributed by atoms with Crippen molar-refractivity contribution in [1.29, 1.82) is 0 Å². The summed E-state index contributed by atoms with van der Waals surface area (Å²) in [6, 6.07) is 11.4. The third kappa shape index (κ3) is 2.79. The minimum Gasteiger partial charge on any atom is -0.365 e. The topological polar surface area (TPSA) is 28.2 Å². The minimum atomic E-state index is 0.405. The Bertz CT molecular complexity index is 636. The number of hydrogen-bond donors (Lipinski definition) is 1. The van der Waals surface area contributed by atoms with E-state index in [4.69, 9.17) is 0 Å². The molecule has 0 amide bonds. The summed E-state index contributed by atoms with van der Waals surface area (Å²) in [5, 5.41) is 3.31.